The fraction of sp³-hybridized carbons (Fsp3) is 0.457. The van der Waals surface area contributed by atoms with Crippen LogP contribution < -0.4 is 9.64 Å². The number of sulfonamides is 1. The van der Waals surface area contributed by atoms with Crippen LogP contribution in [0.15, 0.2) is 59.8 Å². The number of nitrogens with one attached hydrogen (secondary N) is 1. The van der Waals surface area contributed by atoms with Crippen molar-refractivity contribution in [3.63, 3.8) is 0 Å². The van der Waals surface area contributed by atoms with Crippen molar-refractivity contribution < 1.29 is 17.9 Å². The van der Waals surface area contributed by atoms with Gasteiger partial charge in [0.15, 0.2) is 0 Å². The van der Waals surface area contributed by atoms with Crippen LogP contribution >= 0.6 is 0 Å². The zero-order valence-electron chi connectivity index (χ0n) is 27.0. The molecule has 4 heterocycles. The van der Waals surface area contributed by atoms with Gasteiger partial charge in [0.05, 0.1) is 34.1 Å². The minimum Gasteiger partial charge on any atom is -0.497 e. The van der Waals surface area contributed by atoms with E-state index < -0.39 is 15.6 Å². The van der Waals surface area contributed by atoms with E-state index in [0.29, 0.717) is 57.0 Å². The Kier molecular flexibility index (Phi) is 7.59. The van der Waals surface area contributed by atoms with Crippen LogP contribution in [0.4, 0.5) is 5.69 Å². The normalized spacial score (nSPS) is 19.2. The Morgan fingerprint density at radius 2 is 1.57 bits per heavy atom. The summed E-state index contributed by atoms with van der Waals surface area (Å²) in [5.74, 6) is 1.21. The highest BCUT2D eigenvalue weighted by Gasteiger charge is 2.55. The third-order valence-electron chi connectivity index (χ3n) is 10.8. The van der Waals surface area contributed by atoms with Gasteiger partial charge in [-0.15, -0.1) is 0 Å². The zero-order valence-corrected chi connectivity index (χ0v) is 27.9. The molecule has 2 saturated heterocycles. The van der Waals surface area contributed by atoms with Crippen molar-refractivity contribution >= 4 is 32.7 Å². The number of anilines is 1. The molecule has 1 amide bonds. The number of imidazole rings is 1. The molecule has 2 aliphatic heterocycles. The molecule has 0 bridgehead atoms. The predicted octanol–water partition coefficient (Wildman–Crippen LogP) is 5.42. The summed E-state index contributed by atoms with van der Waals surface area (Å²) in [6, 6.07) is 13.3. The summed E-state index contributed by atoms with van der Waals surface area (Å²) in [6.07, 6.45) is 9.26. The summed E-state index contributed by atoms with van der Waals surface area (Å²) < 4.78 is 34.9. The molecule has 7 rings (SSSR count). The number of aromatic nitrogens is 3. The maximum absolute atomic E-state index is 14.0. The van der Waals surface area contributed by atoms with Gasteiger partial charge in [-0.3, -0.25) is 9.78 Å². The molecule has 3 fully saturated rings. The monoisotopic (exact) mass is 642 g/mol. The second-order valence-corrected chi connectivity index (χ2v) is 15.3. The molecule has 2 aromatic carbocycles. The number of carbonyl (C=O) groups is 1. The topological polar surface area (TPSA) is 112 Å². The summed E-state index contributed by atoms with van der Waals surface area (Å²) in [7, 11) is -0.637. The number of likely N-dealkylation sites (tertiary alicyclic amines) is 1. The molecule has 1 saturated carbocycles. The Hall–Kier alpha value is -3.96. The molecule has 10 nitrogen and oxygen atoms in total. The van der Waals surface area contributed by atoms with Crippen LogP contribution in [-0.4, -0.2) is 78.8 Å². The summed E-state index contributed by atoms with van der Waals surface area (Å²) in [5, 5.41) is 0. The van der Waals surface area contributed by atoms with Gasteiger partial charge in [-0.2, -0.15) is 4.31 Å². The van der Waals surface area contributed by atoms with Crippen molar-refractivity contribution in [3.05, 3.63) is 77.4 Å². The van der Waals surface area contributed by atoms with Gasteiger partial charge >= 0.3 is 0 Å². The van der Waals surface area contributed by atoms with E-state index in [4.69, 9.17) is 9.72 Å². The number of hydrogen-bond donors (Lipinski definition) is 1. The lowest BCUT2D eigenvalue weighted by atomic mass is 9.71. The van der Waals surface area contributed by atoms with Crippen LogP contribution in [0, 0.1) is 19.3 Å². The quantitative estimate of drug-likeness (QED) is 0.287. The number of hydrogen-bond acceptors (Lipinski definition) is 7. The number of rotatable bonds is 7. The van der Waals surface area contributed by atoms with Crippen LogP contribution in [0.5, 0.6) is 5.75 Å². The number of pyridine rings is 1. The highest BCUT2D eigenvalue weighted by atomic mass is 32.2. The molecule has 1 spiro atoms. The van der Waals surface area contributed by atoms with Crippen LogP contribution in [0.1, 0.15) is 65.8 Å². The van der Waals surface area contributed by atoms with E-state index in [9.17, 15) is 13.2 Å². The maximum Gasteiger partial charge on any atom is 0.256 e. The minimum absolute atomic E-state index is 0.000164. The molecule has 46 heavy (non-hydrogen) atoms. The molecule has 0 radical (unpaired) electrons. The average Bonchev–Trinajstić information content (AvgIpc) is 3.75. The van der Waals surface area contributed by atoms with Crippen molar-refractivity contribution in [2.75, 3.05) is 45.2 Å². The summed E-state index contributed by atoms with van der Waals surface area (Å²) in [6.45, 7) is 7.11. The van der Waals surface area contributed by atoms with E-state index in [0.717, 1.165) is 51.9 Å². The van der Waals surface area contributed by atoms with E-state index in [1.165, 1.54) is 9.99 Å². The minimum atomic E-state index is -3.85. The molecular formula is C35H42N6O4S. The summed E-state index contributed by atoms with van der Waals surface area (Å²) in [5.41, 5.74) is 3.92. The first-order chi connectivity index (χ1) is 22.1. The molecule has 4 aromatic rings. The van der Waals surface area contributed by atoms with Gasteiger partial charge in [-0.1, -0.05) is 6.07 Å². The van der Waals surface area contributed by atoms with E-state index in [-0.39, 0.29) is 11.3 Å². The number of para-hydroxylation sites is 1. The molecule has 2 aromatic heterocycles. The van der Waals surface area contributed by atoms with Crippen molar-refractivity contribution in [2.45, 2.75) is 62.8 Å². The Labute approximate surface area is 270 Å². The number of aryl methyl sites for hydroxylation is 2. The van der Waals surface area contributed by atoms with Crippen LogP contribution in [0.2, 0.25) is 0 Å². The van der Waals surface area contributed by atoms with Gasteiger partial charge in [0, 0.05) is 51.3 Å². The third kappa shape index (κ3) is 5.13. The van der Waals surface area contributed by atoms with Gasteiger partial charge in [-0.05, 0) is 105 Å². The molecule has 3 aliphatic rings. The lowest BCUT2D eigenvalue weighted by molar-refractivity contribution is 0.0516. The molecule has 1 aliphatic carbocycles. The standard InChI is InChI=1S/C35H42N6O4S/c1-24-22-27(45-4)23-25(2)31(24)46(43,44)39(3)35(10-11-35)33-37-29-7-5-6-28(30(29)38-33)32(42)41-20-14-34(15-21-41)12-18-40(19-13-34)26-8-16-36-17-9-26/h5-9,16-17,22-23H,10-15,18-21H2,1-4H3,(H,37,38). The third-order valence-corrected chi connectivity index (χ3v) is 13.0. The number of methoxy groups -OCH3 is 1. The van der Waals surface area contributed by atoms with Gasteiger partial charge in [0.25, 0.3) is 5.91 Å². The number of H-pyrrole nitrogens is 1. The van der Waals surface area contributed by atoms with E-state index in [2.05, 4.69) is 27.0 Å². The fourth-order valence-electron chi connectivity index (χ4n) is 7.70. The number of benzene rings is 2. The molecular weight excluding hydrogens is 600 g/mol. The van der Waals surface area contributed by atoms with Crippen molar-refractivity contribution in [1.82, 2.24) is 24.2 Å². The number of piperidine rings is 2. The zero-order chi connectivity index (χ0) is 32.3. The van der Waals surface area contributed by atoms with Crippen LogP contribution in [0.3, 0.4) is 0 Å². The van der Waals surface area contributed by atoms with Crippen LogP contribution in [-0.2, 0) is 15.6 Å². The van der Waals surface area contributed by atoms with Crippen molar-refractivity contribution in [3.8, 4) is 5.75 Å². The van der Waals surface area contributed by atoms with E-state index in [1.54, 1.807) is 40.1 Å². The largest absolute Gasteiger partial charge is 0.497 e. The van der Waals surface area contributed by atoms with Gasteiger partial charge < -0.3 is 19.5 Å². The van der Waals surface area contributed by atoms with Gasteiger partial charge in [-0.25, -0.2) is 13.4 Å². The van der Waals surface area contributed by atoms with Gasteiger partial charge in [0.1, 0.15) is 11.6 Å². The molecule has 1 N–H and O–H groups in total. The van der Waals surface area contributed by atoms with Gasteiger partial charge in [0.2, 0.25) is 10.0 Å². The van der Waals surface area contributed by atoms with Crippen molar-refractivity contribution in [1.29, 1.82) is 0 Å². The lowest BCUT2D eigenvalue weighted by Crippen LogP contribution is -2.48. The number of ether oxygens (including phenoxy) is 1. The maximum atomic E-state index is 14.0. The Balaban J connectivity index is 1.08. The SMILES string of the molecule is COc1cc(C)c(S(=O)(=O)N(C)C2(c3nc4cccc(C(=O)N5CCC6(CC5)CCN(c5ccncc5)CC6)c4[nH]3)CC2)c(C)c1. The predicted molar refractivity (Wildman–Crippen MR) is 178 cm³/mol. The summed E-state index contributed by atoms with van der Waals surface area (Å²) in [4.78, 5) is 31.1. The first-order valence-corrected chi connectivity index (χ1v) is 17.6. The average molecular weight is 643 g/mol. The number of amides is 1. The molecule has 0 unspecified atom stereocenters. The first kappa shape index (κ1) is 30.7. The Bertz CT molecular complexity index is 1860. The smallest absolute Gasteiger partial charge is 0.256 e. The lowest BCUT2D eigenvalue weighted by Gasteiger charge is -2.47. The highest BCUT2D eigenvalue weighted by Crippen LogP contribution is 2.52. The molecule has 0 atom stereocenters. The van der Waals surface area contributed by atoms with E-state index >= 15 is 0 Å². The molecule has 11 heteroatoms. The number of nitrogens with zero attached hydrogens (tertiary/aromatic N) is 5. The Morgan fingerprint density at radius 1 is 0.935 bits per heavy atom. The second-order valence-electron chi connectivity index (χ2n) is 13.4. The summed E-state index contributed by atoms with van der Waals surface area (Å²) >= 11 is 0. The fourth-order valence-corrected chi connectivity index (χ4v) is 9.63. The first-order valence-electron chi connectivity index (χ1n) is 16.1. The number of aromatic amines is 1. The second kappa shape index (κ2) is 11.4. The number of fused-ring (bicyclic) bond motifs is 1. The van der Waals surface area contributed by atoms with E-state index in [1.807, 2.05) is 35.5 Å². The van der Waals surface area contributed by atoms with Crippen LogP contribution in [0.25, 0.3) is 11.0 Å². The molecule has 242 valence electrons. The van der Waals surface area contributed by atoms with Crippen molar-refractivity contribution in [2.24, 2.45) is 5.41 Å². The highest BCUT2D eigenvalue weighted by molar-refractivity contribution is 7.89. The number of carbonyl (C=O) groups excluding carboxylic acids is 1. The Morgan fingerprint density at radius 3 is 2.17 bits per heavy atom.